The van der Waals surface area contributed by atoms with Gasteiger partial charge in [-0.1, -0.05) is 17.7 Å². The van der Waals surface area contributed by atoms with Gasteiger partial charge in [0.1, 0.15) is 5.75 Å². The molecule has 0 atom stereocenters. The summed E-state index contributed by atoms with van der Waals surface area (Å²) < 4.78 is 5.29. The van der Waals surface area contributed by atoms with Crippen LogP contribution in [0.4, 0.5) is 11.4 Å². The fraction of sp³-hybridized carbons (Fsp3) is 0.188. The van der Waals surface area contributed by atoms with E-state index in [1.807, 2.05) is 19.9 Å². The SMILES string of the molecule is COc1cc(Cl)c(C)cc1Nc1cc(C)ccc1C(=O)O. The second-order valence-electron chi connectivity index (χ2n) is 4.78. The standard InChI is InChI=1S/C16H16ClNO3/c1-9-4-5-11(16(19)20)13(6-9)18-14-7-10(2)12(17)8-15(14)21-3/h4-8,18H,1-3H3,(H,19,20). The molecule has 0 unspecified atom stereocenters. The van der Waals surface area contributed by atoms with Gasteiger partial charge in [0, 0.05) is 11.1 Å². The van der Waals surface area contributed by atoms with Gasteiger partial charge in [-0.25, -0.2) is 4.79 Å². The Bertz CT molecular complexity index is 698. The quantitative estimate of drug-likeness (QED) is 0.878. The minimum atomic E-state index is -0.984. The van der Waals surface area contributed by atoms with Crippen LogP contribution in [0.25, 0.3) is 0 Å². The van der Waals surface area contributed by atoms with Crippen molar-refractivity contribution in [3.63, 3.8) is 0 Å². The summed E-state index contributed by atoms with van der Waals surface area (Å²) in [6.45, 7) is 3.78. The minimum absolute atomic E-state index is 0.204. The van der Waals surface area contributed by atoms with Crippen LogP contribution in [0.2, 0.25) is 5.02 Å². The van der Waals surface area contributed by atoms with Gasteiger partial charge in [0.2, 0.25) is 0 Å². The number of rotatable bonds is 4. The molecule has 0 radical (unpaired) electrons. The largest absolute Gasteiger partial charge is 0.495 e. The molecule has 21 heavy (non-hydrogen) atoms. The maximum Gasteiger partial charge on any atom is 0.337 e. The zero-order valence-corrected chi connectivity index (χ0v) is 12.8. The molecule has 0 fully saturated rings. The van der Waals surface area contributed by atoms with Gasteiger partial charge >= 0.3 is 5.97 Å². The van der Waals surface area contributed by atoms with Crippen LogP contribution in [0.1, 0.15) is 21.5 Å². The fourth-order valence-electron chi connectivity index (χ4n) is 2.02. The number of methoxy groups -OCH3 is 1. The number of hydrogen-bond acceptors (Lipinski definition) is 3. The highest BCUT2D eigenvalue weighted by Crippen LogP contribution is 2.34. The molecule has 0 aliphatic heterocycles. The second kappa shape index (κ2) is 6.06. The lowest BCUT2D eigenvalue weighted by Gasteiger charge is -2.15. The summed E-state index contributed by atoms with van der Waals surface area (Å²) in [4.78, 5) is 11.3. The van der Waals surface area contributed by atoms with Crippen LogP contribution < -0.4 is 10.1 Å². The van der Waals surface area contributed by atoms with Gasteiger partial charge in [-0.2, -0.15) is 0 Å². The third-order valence-corrected chi connectivity index (χ3v) is 3.56. The predicted octanol–water partition coefficient (Wildman–Crippen LogP) is 4.41. The molecule has 0 saturated heterocycles. The Morgan fingerprint density at radius 3 is 2.52 bits per heavy atom. The van der Waals surface area contributed by atoms with E-state index in [0.717, 1.165) is 11.1 Å². The van der Waals surface area contributed by atoms with Crippen LogP contribution in [-0.2, 0) is 0 Å². The third-order valence-electron chi connectivity index (χ3n) is 3.16. The number of nitrogens with one attached hydrogen (secondary N) is 1. The zero-order chi connectivity index (χ0) is 15.6. The highest BCUT2D eigenvalue weighted by atomic mass is 35.5. The summed E-state index contributed by atoms with van der Waals surface area (Å²) in [6.07, 6.45) is 0. The summed E-state index contributed by atoms with van der Waals surface area (Å²) in [5.41, 5.74) is 3.24. The smallest absolute Gasteiger partial charge is 0.337 e. The third kappa shape index (κ3) is 3.28. The zero-order valence-electron chi connectivity index (χ0n) is 12.0. The summed E-state index contributed by atoms with van der Waals surface area (Å²) in [5.74, 6) is -0.425. The van der Waals surface area contributed by atoms with Crippen LogP contribution in [0.5, 0.6) is 5.75 Å². The van der Waals surface area contributed by atoms with Crippen molar-refractivity contribution in [3.8, 4) is 5.75 Å². The number of carboxylic acids is 1. The van der Waals surface area contributed by atoms with Gasteiger partial charge in [-0.3, -0.25) is 0 Å². The molecule has 5 heteroatoms. The Labute approximate surface area is 128 Å². The normalized spacial score (nSPS) is 10.3. The Kier molecular flexibility index (Phi) is 4.38. The molecule has 0 bridgehead atoms. The monoisotopic (exact) mass is 305 g/mol. The molecule has 2 aromatic rings. The van der Waals surface area contributed by atoms with E-state index >= 15 is 0 Å². The van der Waals surface area contributed by atoms with Crippen molar-refractivity contribution in [2.24, 2.45) is 0 Å². The summed E-state index contributed by atoms with van der Waals surface area (Å²) in [5, 5.41) is 13.0. The molecular weight excluding hydrogens is 290 g/mol. The lowest BCUT2D eigenvalue weighted by atomic mass is 10.1. The molecule has 2 rings (SSSR count). The molecular formula is C16H16ClNO3. The van der Waals surface area contributed by atoms with Crippen molar-refractivity contribution in [1.82, 2.24) is 0 Å². The first-order valence-corrected chi connectivity index (χ1v) is 6.75. The molecule has 2 aromatic carbocycles. The van der Waals surface area contributed by atoms with Crippen LogP contribution in [0.15, 0.2) is 30.3 Å². The van der Waals surface area contributed by atoms with E-state index < -0.39 is 5.97 Å². The number of aromatic carboxylic acids is 1. The molecule has 0 heterocycles. The molecule has 0 amide bonds. The number of carboxylic acid groups (broad SMARTS) is 1. The van der Waals surface area contributed by atoms with Crippen molar-refractivity contribution in [1.29, 1.82) is 0 Å². The van der Waals surface area contributed by atoms with Crippen molar-refractivity contribution in [2.45, 2.75) is 13.8 Å². The number of halogens is 1. The summed E-state index contributed by atoms with van der Waals surface area (Å²) in [7, 11) is 1.54. The number of carbonyl (C=O) groups is 1. The lowest BCUT2D eigenvalue weighted by molar-refractivity contribution is 0.0698. The lowest BCUT2D eigenvalue weighted by Crippen LogP contribution is -2.04. The van der Waals surface area contributed by atoms with Crippen LogP contribution in [-0.4, -0.2) is 18.2 Å². The first-order chi connectivity index (χ1) is 9.92. The van der Waals surface area contributed by atoms with Crippen molar-refractivity contribution in [2.75, 3.05) is 12.4 Å². The minimum Gasteiger partial charge on any atom is -0.495 e. The maximum absolute atomic E-state index is 11.3. The Morgan fingerprint density at radius 2 is 1.90 bits per heavy atom. The Morgan fingerprint density at radius 1 is 1.19 bits per heavy atom. The molecule has 0 spiro atoms. The molecule has 0 saturated carbocycles. The van der Waals surface area contributed by atoms with E-state index in [1.54, 1.807) is 31.4 Å². The first-order valence-electron chi connectivity index (χ1n) is 6.37. The van der Waals surface area contributed by atoms with Crippen molar-refractivity contribution >= 4 is 28.9 Å². The fourth-order valence-corrected chi connectivity index (χ4v) is 2.18. The number of benzene rings is 2. The highest BCUT2D eigenvalue weighted by molar-refractivity contribution is 6.31. The molecule has 2 N–H and O–H groups in total. The maximum atomic E-state index is 11.3. The van der Waals surface area contributed by atoms with Crippen molar-refractivity contribution < 1.29 is 14.6 Å². The van der Waals surface area contributed by atoms with Gasteiger partial charge < -0.3 is 15.2 Å². The van der Waals surface area contributed by atoms with Gasteiger partial charge in [0.25, 0.3) is 0 Å². The van der Waals surface area contributed by atoms with E-state index in [1.165, 1.54) is 0 Å². The van der Waals surface area contributed by atoms with E-state index in [9.17, 15) is 9.90 Å². The van der Waals surface area contributed by atoms with Crippen LogP contribution in [0.3, 0.4) is 0 Å². The van der Waals surface area contributed by atoms with Crippen LogP contribution >= 0.6 is 11.6 Å². The van der Waals surface area contributed by atoms with Crippen LogP contribution in [0, 0.1) is 13.8 Å². The van der Waals surface area contributed by atoms with E-state index in [-0.39, 0.29) is 5.56 Å². The number of aryl methyl sites for hydroxylation is 2. The number of anilines is 2. The molecule has 0 aliphatic carbocycles. The molecule has 0 aliphatic rings. The van der Waals surface area contributed by atoms with E-state index in [0.29, 0.717) is 22.1 Å². The summed E-state index contributed by atoms with van der Waals surface area (Å²) >= 11 is 6.07. The molecule has 0 aromatic heterocycles. The predicted molar refractivity (Wildman–Crippen MR) is 84.2 cm³/mol. The number of ether oxygens (including phenoxy) is 1. The highest BCUT2D eigenvalue weighted by Gasteiger charge is 2.13. The summed E-state index contributed by atoms with van der Waals surface area (Å²) in [6, 6.07) is 8.66. The van der Waals surface area contributed by atoms with Gasteiger partial charge in [-0.15, -0.1) is 0 Å². The average molecular weight is 306 g/mol. The molecule has 4 nitrogen and oxygen atoms in total. The number of hydrogen-bond donors (Lipinski definition) is 2. The average Bonchev–Trinajstić information content (AvgIpc) is 2.42. The van der Waals surface area contributed by atoms with E-state index in [2.05, 4.69) is 5.32 Å². The van der Waals surface area contributed by atoms with Gasteiger partial charge in [0.15, 0.2) is 0 Å². The first kappa shape index (κ1) is 15.2. The topological polar surface area (TPSA) is 58.6 Å². The van der Waals surface area contributed by atoms with E-state index in [4.69, 9.17) is 16.3 Å². The van der Waals surface area contributed by atoms with Gasteiger partial charge in [-0.05, 0) is 43.2 Å². The Balaban J connectivity index is 2.49. The van der Waals surface area contributed by atoms with Crippen molar-refractivity contribution in [3.05, 3.63) is 52.0 Å². The van der Waals surface area contributed by atoms with Gasteiger partial charge in [0.05, 0.1) is 24.0 Å². The second-order valence-corrected chi connectivity index (χ2v) is 5.19. The molecule has 110 valence electrons. The Hall–Kier alpha value is -2.20.